The third-order valence-electron chi connectivity index (χ3n) is 8.36. The van der Waals surface area contributed by atoms with E-state index in [4.69, 9.17) is 10.5 Å². The number of nitrogens with two attached hydrogens (primary N) is 1. The molecule has 4 aliphatic rings. The van der Waals surface area contributed by atoms with Gasteiger partial charge in [0.15, 0.2) is 11.4 Å². The van der Waals surface area contributed by atoms with Crippen molar-refractivity contribution in [1.82, 2.24) is 0 Å². The Bertz CT molecular complexity index is 1040. The lowest BCUT2D eigenvalue weighted by Crippen LogP contribution is -2.65. The van der Waals surface area contributed by atoms with Crippen LogP contribution in [-0.4, -0.2) is 67.6 Å². The minimum Gasteiger partial charge on any atom is -0.508 e. The molecule has 10 heteroatoms. The number of carbonyl (C=O) groups is 3. The Kier molecular flexibility index (Phi) is 7.07. The Hall–Kier alpha value is -2.69. The molecule has 0 spiro atoms. The molecule has 8 atom stereocenters. The summed E-state index contributed by atoms with van der Waals surface area (Å²) in [6.45, 7) is 4.22. The van der Waals surface area contributed by atoms with Gasteiger partial charge in [-0.1, -0.05) is 19.9 Å². The molecule has 7 N–H and O–H groups in total. The topological polar surface area (TPSA) is 188 Å². The molecule has 1 amide bonds. The van der Waals surface area contributed by atoms with E-state index in [1.54, 1.807) is 6.08 Å². The molecule has 0 aliphatic heterocycles. The van der Waals surface area contributed by atoms with E-state index in [0.717, 1.165) is 0 Å². The number of primary amides is 1. The van der Waals surface area contributed by atoms with Crippen molar-refractivity contribution < 1.29 is 44.7 Å². The number of ether oxygens (including phenoxy) is 1. The fourth-order valence-corrected chi connectivity index (χ4v) is 6.65. The molecular formula is C26H35NO9. The second-order valence-corrected chi connectivity index (χ2v) is 11.0. The maximum absolute atomic E-state index is 12.5. The Morgan fingerprint density at radius 2 is 1.92 bits per heavy atom. The minimum absolute atomic E-state index is 0.137. The summed E-state index contributed by atoms with van der Waals surface area (Å²) in [6, 6.07) is 0. The van der Waals surface area contributed by atoms with Crippen LogP contribution >= 0.6 is 0 Å². The Labute approximate surface area is 209 Å². The predicted octanol–water partition coefficient (Wildman–Crippen LogP) is 0.959. The van der Waals surface area contributed by atoms with Gasteiger partial charge in [-0.3, -0.25) is 14.4 Å². The molecule has 5 unspecified atom stereocenters. The molecule has 2 fully saturated rings. The van der Waals surface area contributed by atoms with Gasteiger partial charge in [-0.05, 0) is 49.0 Å². The van der Waals surface area contributed by atoms with E-state index >= 15 is 0 Å². The minimum atomic E-state index is -2.33. The largest absolute Gasteiger partial charge is 0.508 e. The van der Waals surface area contributed by atoms with Crippen molar-refractivity contribution in [3.63, 3.8) is 0 Å². The summed E-state index contributed by atoms with van der Waals surface area (Å²) in [4.78, 5) is 36.4. The highest BCUT2D eigenvalue weighted by atomic mass is 16.5. The van der Waals surface area contributed by atoms with Crippen LogP contribution in [0.4, 0.5) is 0 Å². The molecule has 0 saturated heterocycles. The highest BCUT2D eigenvalue weighted by molar-refractivity contribution is 6.20. The number of aliphatic hydroxyl groups excluding tert-OH is 4. The number of hydrogen-bond acceptors (Lipinski definition) is 9. The zero-order chi connectivity index (χ0) is 26.5. The molecule has 10 nitrogen and oxygen atoms in total. The van der Waals surface area contributed by atoms with Crippen LogP contribution in [0.2, 0.25) is 0 Å². The van der Waals surface area contributed by atoms with Crippen molar-refractivity contribution in [3.8, 4) is 0 Å². The van der Waals surface area contributed by atoms with Crippen molar-refractivity contribution in [3.05, 3.63) is 34.8 Å². The van der Waals surface area contributed by atoms with E-state index in [1.165, 1.54) is 6.08 Å². The van der Waals surface area contributed by atoms with E-state index in [9.17, 15) is 39.9 Å². The Balaban J connectivity index is 1.59. The van der Waals surface area contributed by atoms with Crippen LogP contribution in [0.25, 0.3) is 0 Å². The molecule has 4 aliphatic carbocycles. The molecular weight excluding hydrogens is 470 g/mol. The van der Waals surface area contributed by atoms with Crippen LogP contribution in [0.3, 0.4) is 0 Å². The smallest absolute Gasteiger partial charge is 0.305 e. The third-order valence-corrected chi connectivity index (χ3v) is 8.36. The van der Waals surface area contributed by atoms with Crippen LogP contribution in [0, 0.1) is 35.5 Å². The SMILES string of the molecule is CC(C)COC(=O)CCC1C=CC(O)=C2C(O)C3C(O)[C@]4(O)C(O)=C(C(N)=O)C(=O)C[C@@H]4C[C@@H]3CC21. The first kappa shape index (κ1) is 26.4. The number of rotatable bonds is 6. The van der Waals surface area contributed by atoms with Gasteiger partial charge in [0, 0.05) is 30.3 Å². The quantitative estimate of drug-likeness (QED) is 0.226. The van der Waals surface area contributed by atoms with Crippen molar-refractivity contribution in [2.45, 2.75) is 63.8 Å². The number of fused-ring (bicyclic) bond motifs is 3. The second kappa shape index (κ2) is 9.64. The summed E-state index contributed by atoms with van der Waals surface area (Å²) in [6.07, 6.45) is 1.18. The van der Waals surface area contributed by atoms with Crippen LogP contribution in [0.5, 0.6) is 0 Å². The van der Waals surface area contributed by atoms with Gasteiger partial charge in [0.2, 0.25) is 0 Å². The number of hydrogen-bond donors (Lipinski definition) is 6. The second-order valence-electron chi connectivity index (χ2n) is 11.0. The molecule has 198 valence electrons. The van der Waals surface area contributed by atoms with Gasteiger partial charge in [-0.25, -0.2) is 0 Å². The van der Waals surface area contributed by atoms with Crippen molar-refractivity contribution in [1.29, 1.82) is 0 Å². The van der Waals surface area contributed by atoms with E-state index in [-0.39, 0.29) is 54.7 Å². The highest BCUT2D eigenvalue weighted by Crippen LogP contribution is 2.57. The lowest BCUT2D eigenvalue weighted by Gasteiger charge is -2.56. The monoisotopic (exact) mass is 505 g/mol. The molecule has 0 aromatic carbocycles. The molecule has 4 rings (SSSR count). The number of aliphatic hydroxyl groups is 5. The first-order valence-electron chi connectivity index (χ1n) is 12.5. The van der Waals surface area contributed by atoms with Gasteiger partial charge in [0.1, 0.15) is 17.1 Å². The molecule has 0 aromatic rings. The van der Waals surface area contributed by atoms with Crippen molar-refractivity contribution in [2.75, 3.05) is 6.61 Å². The van der Waals surface area contributed by atoms with E-state index in [0.29, 0.717) is 25.0 Å². The maximum Gasteiger partial charge on any atom is 0.305 e. The lowest BCUT2D eigenvalue weighted by atomic mass is 9.52. The highest BCUT2D eigenvalue weighted by Gasteiger charge is 2.63. The summed E-state index contributed by atoms with van der Waals surface area (Å²) < 4.78 is 5.26. The molecule has 2 saturated carbocycles. The van der Waals surface area contributed by atoms with Crippen LogP contribution < -0.4 is 5.73 Å². The van der Waals surface area contributed by atoms with Crippen molar-refractivity contribution in [2.24, 2.45) is 41.2 Å². The van der Waals surface area contributed by atoms with Gasteiger partial charge < -0.3 is 36.0 Å². The lowest BCUT2D eigenvalue weighted by molar-refractivity contribution is -0.199. The Morgan fingerprint density at radius 1 is 1.22 bits per heavy atom. The van der Waals surface area contributed by atoms with Crippen LogP contribution in [0.1, 0.15) is 46.0 Å². The zero-order valence-corrected chi connectivity index (χ0v) is 20.5. The van der Waals surface area contributed by atoms with E-state index in [2.05, 4.69) is 0 Å². The third kappa shape index (κ3) is 4.25. The zero-order valence-electron chi connectivity index (χ0n) is 20.5. The molecule has 0 heterocycles. The number of carbonyl (C=O) groups excluding carboxylic acids is 3. The number of allylic oxidation sites excluding steroid dienone is 2. The summed E-state index contributed by atoms with van der Waals surface area (Å²) in [5, 5.41) is 55.3. The van der Waals surface area contributed by atoms with Gasteiger partial charge >= 0.3 is 5.97 Å². The number of amides is 1. The summed E-state index contributed by atoms with van der Waals surface area (Å²) >= 11 is 0. The number of Topliss-reactive ketones (excluding diaryl/α,β-unsaturated/α-hetero) is 1. The normalized spacial score (nSPS) is 37.9. The average Bonchev–Trinajstić information content (AvgIpc) is 2.79. The first-order valence-corrected chi connectivity index (χ1v) is 12.5. The predicted molar refractivity (Wildman–Crippen MR) is 126 cm³/mol. The molecule has 0 aromatic heterocycles. The number of esters is 1. The van der Waals surface area contributed by atoms with Gasteiger partial charge in [-0.2, -0.15) is 0 Å². The fourth-order valence-electron chi connectivity index (χ4n) is 6.65. The number of ketones is 1. The van der Waals surface area contributed by atoms with Crippen LogP contribution in [0.15, 0.2) is 34.8 Å². The maximum atomic E-state index is 12.5. The summed E-state index contributed by atoms with van der Waals surface area (Å²) in [5.74, 6) is -5.77. The molecule has 0 radical (unpaired) electrons. The fraction of sp³-hybridized carbons (Fsp3) is 0.654. The molecule has 36 heavy (non-hydrogen) atoms. The molecule has 0 bridgehead atoms. The van der Waals surface area contributed by atoms with E-state index < -0.39 is 52.7 Å². The van der Waals surface area contributed by atoms with Gasteiger partial charge in [0.05, 0.1) is 18.8 Å². The van der Waals surface area contributed by atoms with Gasteiger partial charge in [0.25, 0.3) is 5.91 Å². The Morgan fingerprint density at radius 3 is 2.56 bits per heavy atom. The summed E-state index contributed by atoms with van der Waals surface area (Å²) in [7, 11) is 0. The van der Waals surface area contributed by atoms with E-state index in [1.807, 2.05) is 13.8 Å². The average molecular weight is 506 g/mol. The standard InChI is InChI=1S/C26H35NO9/c1-11(2)10-36-18(30)6-4-12-3-5-16(28)20-15(12)8-13-7-14-9-17(29)21(25(27)34)24(33)26(14,35)23(32)19(13)22(20)31/h3,5,11-15,19,22-23,28,31-33,35H,4,6-10H2,1-2H3,(H2,27,34)/t12?,13-,14+,15?,19?,22?,23?,26+/m1/s1. The van der Waals surface area contributed by atoms with Crippen molar-refractivity contribution >= 4 is 17.7 Å². The van der Waals surface area contributed by atoms with Crippen LogP contribution in [-0.2, 0) is 19.1 Å². The van der Waals surface area contributed by atoms with Gasteiger partial charge in [-0.15, -0.1) is 0 Å². The summed E-state index contributed by atoms with van der Waals surface area (Å²) in [5.41, 5.74) is 2.49. The first-order chi connectivity index (χ1) is 16.9.